The van der Waals surface area contributed by atoms with E-state index in [2.05, 4.69) is 5.32 Å². The summed E-state index contributed by atoms with van der Waals surface area (Å²) in [5, 5.41) is 3.16. The molecule has 2 aromatic carbocycles. The average molecular weight is 500 g/mol. The Morgan fingerprint density at radius 2 is 1.75 bits per heavy atom. The Bertz CT molecular complexity index is 1050. The molecule has 7 nitrogen and oxygen atoms in total. The molecule has 2 aromatic rings. The highest BCUT2D eigenvalue weighted by Gasteiger charge is 2.26. The number of carbonyl (C=O) groups is 2. The van der Waals surface area contributed by atoms with Gasteiger partial charge in [0.15, 0.2) is 0 Å². The van der Waals surface area contributed by atoms with E-state index in [1.165, 1.54) is 24.1 Å². The number of halogens is 2. The van der Waals surface area contributed by atoms with Crippen molar-refractivity contribution >= 4 is 50.7 Å². The van der Waals surface area contributed by atoms with Crippen LogP contribution in [0, 0.1) is 0 Å². The summed E-state index contributed by atoms with van der Waals surface area (Å²) in [5.74, 6) is -0.534. The SMILES string of the molecule is CNC(=O)[C@@H](C)N(Cc1ccccc1)C(=O)CCCN(c1cc(Cl)ccc1Cl)S(C)(=O)=O. The molecule has 2 rings (SSSR count). The Kier molecular flexibility index (Phi) is 9.36. The van der Waals surface area contributed by atoms with Crippen LogP contribution in [0.25, 0.3) is 0 Å². The highest BCUT2D eigenvalue weighted by molar-refractivity contribution is 7.92. The van der Waals surface area contributed by atoms with Crippen LogP contribution >= 0.6 is 23.2 Å². The molecule has 10 heteroatoms. The molecule has 0 bridgehead atoms. The molecule has 0 spiro atoms. The van der Waals surface area contributed by atoms with Crippen molar-refractivity contribution in [2.24, 2.45) is 0 Å². The molecule has 0 aromatic heterocycles. The molecule has 0 saturated carbocycles. The monoisotopic (exact) mass is 499 g/mol. The molecule has 0 fully saturated rings. The third kappa shape index (κ3) is 7.12. The van der Waals surface area contributed by atoms with Gasteiger partial charge in [0.2, 0.25) is 21.8 Å². The van der Waals surface area contributed by atoms with Crippen molar-refractivity contribution < 1.29 is 18.0 Å². The fourth-order valence-corrected chi connectivity index (χ4v) is 4.64. The summed E-state index contributed by atoms with van der Waals surface area (Å²) < 4.78 is 25.9. The third-order valence-electron chi connectivity index (χ3n) is 4.94. The van der Waals surface area contributed by atoms with E-state index in [0.29, 0.717) is 5.02 Å². The summed E-state index contributed by atoms with van der Waals surface area (Å²) in [4.78, 5) is 26.7. The van der Waals surface area contributed by atoms with E-state index in [1.807, 2.05) is 30.3 Å². The van der Waals surface area contributed by atoms with Crippen molar-refractivity contribution in [3.05, 3.63) is 64.1 Å². The van der Waals surface area contributed by atoms with Gasteiger partial charge in [-0.25, -0.2) is 8.42 Å². The number of anilines is 1. The zero-order valence-corrected chi connectivity index (χ0v) is 20.5. The van der Waals surface area contributed by atoms with Crippen molar-refractivity contribution in [3.63, 3.8) is 0 Å². The summed E-state index contributed by atoms with van der Waals surface area (Å²) >= 11 is 12.2. The highest BCUT2D eigenvalue weighted by Crippen LogP contribution is 2.31. The molecular weight excluding hydrogens is 473 g/mol. The summed E-state index contributed by atoms with van der Waals surface area (Å²) in [6, 6.07) is 13.2. The number of nitrogens with one attached hydrogen (secondary N) is 1. The summed E-state index contributed by atoms with van der Waals surface area (Å²) in [6.07, 6.45) is 1.36. The van der Waals surface area contributed by atoms with Crippen LogP contribution in [-0.4, -0.2) is 51.0 Å². The molecule has 0 saturated heterocycles. The Morgan fingerprint density at radius 1 is 1.09 bits per heavy atom. The first-order valence-electron chi connectivity index (χ1n) is 10.0. The standard InChI is InChI=1S/C22H27Cl2N3O4S/c1-16(22(29)25-2)26(15-17-8-5-4-6-9-17)21(28)10-7-13-27(32(3,30)31)20-14-18(23)11-12-19(20)24/h4-6,8-9,11-12,14,16H,7,10,13,15H2,1-3H3,(H,25,29)/t16-/m1/s1. The van der Waals surface area contributed by atoms with Crippen LogP contribution in [0.1, 0.15) is 25.3 Å². The molecule has 1 N–H and O–H groups in total. The first-order chi connectivity index (χ1) is 15.0. The maximum Gasteiger partial charge on any atom is 0.242 e. The molecule has 2 amide bonds. The molecular formula is C22H27Cl2N3O4S. The van der Waals surface area contributed by atoms with Crippen LogP contribution in [0.2, 0.25) is 10.0 Å². The molecule has 32 heavy (non-hydrogen) atoms. The summed E-state index contributed by atoms with van der Waals surface area (Å²) in [6.45, 7) is 1.97. The molecule has 0 aliphatic carbocycles. The molecule has 0 heterocycles. The topological polar surface area (TPSA) is 86.8 Å². The zero-order valence-electron chi connectivity index (χ0n) is 18.2. The number of amides is 2. The number of benzene rings is 2. The van der Waals surface area contributed by atoms with Crippen molar-refractivity contribution in [3.8, 4) is 0 Å². The van der Waals surface area contributed by atoms with Crippen molar-refractivity contribution in [1.82, 2.24) is 10.2 Å². The van der Waals surface area contributed by atoms with Gasteiger partial charge in [-0.1, -0.05) is 53.5 Å². The molecule has 1 atom stereocenters. The lowest BCUT2D eigenvalue weighted by atomic mass is 10.1. The minimum atomic E-state index is -3.66. The lowest BCUT2D eigenvalue weighted by Gasteiger charge is -2.29. The Labute approximate surface area is 199 Å². The zero-order chi connectivity index (χ0) is 23.9. The second-order valence-corrected chi connectivity index (χ2v) is 10.1. The van der Waals surface area contributed by atoms with Crippen LogP contribution in [0.4, 0.5) is 5.69 Å². The second-order valence-electron chi connectivity index (χ2n) is 7.33. The van der Waals surface area contributed by atoms with Crippen molar-refractivity contribution in [2.45, 2.75) is 32.4 Å². The van der Waals surface area contributed by atoms with Crippen LogP contribution in [0.15, 0.2) is 48.5 Å². The summed E-state index contributed by atoms with van der Waals surface area (Å²) in [5.41, 5.74) is 1.15. The minimum Gasteiger partial charge on any atom is -0.357 e. The van der Waals surface area contributed by atoms with Crippen LogP contribution in [-0.2, 0) is 26.2 Å². The van der Waals surface area contributed by atoms with E-state index >= 15 is 0 Å². The number of rotatable bonds is 10. The Balaban J connectivity index is 2.16. The maximum absolute atomic E-state index is 13.0. The summed E-state index contributed by atoms with van der Waals surface area (Å²) in [7, 11) is -2.14. The number of carbonyl (C=O) groups excluding carboxylic acids is 2. The van der Waals surface area contributed by atoms with Crippen molar-refractivity contribution in [2.75, 3.05) is 24.2 Å². The van der Waals surface area contributed by atoms with E-state index in [9.17, 15) is 18.0 Å². The van der Waals surface area contributed by atoms with Crippen molar-refractivity contribution in [1.29, 1.82) is 0 Å². The molecule has 0 aliphatic rings. The van der Waals surface area contributed by atoms with Crippen LogP contribution < -0.4 is 9.62 Å². The highest BCUT2D eigenvalue weighted by atomic mass is 35.5. The largest absolute Gasteiger partial charge is 0.357 e. The van der Waals surface area contributed by atoms with Gasteiger partial charge in [0, 0.05) is 31.6 Å². The van der Waals surface area contributed by atoms with Gasteiger partial charge in [-0.05, 0) is 37.1 Å². The molecule has 0 radical (unpaired) electrons. The number of hydrogen-bond donors (Lipinski definition) is 1. The van der Waals surface area contributed by atoms with Gasteiger partial charge < -0.3 is 10.2 Å². The van der Waals surface area contributed by atoms with Gasteiger partial charge in [-0.3, -0.25) is 13.9 Å². The third-order valence-corrected chi connectivity index (χ3v) is 6.67. The maximum atomic E-state index is 13.0. The first-order valence-corrected chi connectivity index (χ1v) is 12.6. The normalized spacial score (nSPS) is 12.2. The predicted molar refractivity (Wildman–Crippen MR) is 128 cm³/mol. The van der Waals surface area contributed by atoms with Crippen LogP contribution in [0.5, 0.6) is 0 Å². The molecule has 174 valence electrons. The predicted octanol–water partition coefficient (Wildman–Crippen LogP) is 3.70. The van der Waals surface area contributed by atoms with E-state index in [4.69, 9.17) is 23.2 Å². The first kappa shape index (κ1) is 26.0. The Hall–Kier alpha value is -2.29. The smallest absolute Gasteiger partial charge is 0.242 e. The minimum absolute atomic E-state index is 0.0398. The molecule has 0 unspecified atom stereocenters. The van der Waals surface area contributed by atoms with Gasteiger partial charge in [-0.15, -0.1) is 0 Å². The lowest BCUT2D eigenvalue weighted by Crippen LogP contribution is -2.46. The van der Waals surface area contributed by atoms with E-state index < -0.39 is 16.1 Å². The number of nitrogens with zero attached hydrogens (tertiary/aromatic N) is 2. The van der Waals surface area contributed by atoms with E-state index in [1.54, 1.807) is 13.0 Å². The number of sulfonamides is 1. The van der Waals surface area contributed by atoms with Gasteiger partial charge in [0.1, 0.15) is 6.04 Å². The van der Waals surface area contributed by atoms with E-state index in [0.717, 1.165) is 16.1 Å². The average Bonchev–Trinajstić information content (AvgIpc) is 2.75. The molecule has 0 aliphatic heterocycles. The quantitative estimate of drug-likeness (QED) is 0.539. The number of likely N-dealkylation sites (N-methyl/N-ethyl adjacent to an activating group) is 1. The fourth-order valence-electron chi connectivity index (χ4n) is 3.23. The van der Waals surface area contributed by atoms with Gasteiger partial charge in [0.05, 0.1) is 17.0 Å². The van der Waals surface area contributed by atoms with Gasteiger partial charge in [0.25, 0.3) is 0 Å². The fraction of sp³-hybridized carbons (Fsp3) is 0.364. The van der Waals surface area contributed by atoms with Gasteiger partial charge >= 0.3 is 0 Å². The van der Waals surface area contributed by atoms with E-state index in [-0.39, 0.29) is 48.5 Å². The van der Waals surface area contributed by atoms with Crippen LogP contribution in [0.3, 0.4) is 0 Å². The lowest BCUT2D eigenvalue weighted by molar-refractivity contribution is -0.140. The Morgan fingerprint density at radius 3 is 2.34 bits per heavy atom. The van der Waals surface area contributed by atoms with Gasteiger partial charge in [-0.2, -0.15) is 0 Å². The second kappa shape index (κ2) is 11.5. The number of hydrogen-bond acceptors (Lipinski definition) is 4.